The van der Waals surface area contributed by atoms with Gasteiger partial charge in [0.05, 0.1) is 0 Å². The van der Waals surface area contributed by atoms with E-state index in [-0.39, 0.29) is 0 Å². The van der Waals surface area contributed by atoms with E-state index in [1.165, 1.54) is 58.2 Å². The van der Waals surface area contributed by atoms with Crippen LogP contribution in [0.3, 0.4) is 0 Å². The van der Waals surface area contributed by atoms with E-state index in [1.807, 2.05) is 0 Å². The molecular weight excluding hydrogens is 256 g/mol. The van der Waals surface area contributed by atoms with Crippen molar-refractivity contribution >= 4 is 0 Å². The van der Waals surface area contributed by atoms with Crippen molar-refractivity contribution in [2.24, 2.45) is 17.3 Å². The lowest BCUT2D eigenvalue weighted by atomic mass is 9.67. The van der Waals surface area contributed by atoms with Gasteiger partial charge in [-0.1, -0.05) is 34.6 Å². The molecule has 0 aromatic rings. The molecule has 1 N–H and O–H groups in total. The summed E-state index contributed by atoms with van der Waals surface area (Å²) in [5.41, 5.74) is 0.477. The number of rotatable bonds is 7. The summed E-state index contributed by atoms with van der Waals surface area (Å²) in [4.78, 5) is 2.76. The Kier molecular flexibility index (Phi) is 6.14. The number of nitrogens with one attached hydrogen (secondary N) is 1. The van der Waals surface area contributed by atoms with Crippen molar-refractivity contribution in [2.75, 3.05) is 19.6 Å². The summed E-state index contributed by atoms with van der Waals surface area (Å²) in [6.07, 6.45) is 8.36. The topological polar surface area (TPSA) is 15.3 Å². The van der Waals surface area contributed by atoms with E-state index < -0.39 is 0 Å². The Bertz CT molecular complexity index is 301. The zero-order chi connectivity index (χ0) is 15.5. The van der Waals surface area contributed by atoms with E-state index in [4.69, 9.17) is 0 Å². The van der Waals surface area contributed by atoms with Gasteiger partial charge in [-0.05, 0) is 68.9 Å². The van der Waals surface area contributed by atoms with Gasteiger partial charge in [-0.15, -0.1) is 0 Å². The molecule has 0 saturated heterocycles. The fraction of sp³-hybridized carbons (Fsp3) is 1.00. The van der Waals surface area contributed by atoms with Crippen LogP contribution in [0.4, 0.5) is 0 Å². The monoisotopic (exact) mass is 294 g/mol. The first-order valence-corrected chi connectivity index (χ1v) is 9.43. The summed E-state index contributed by atoms with van der Waals surface area (Å²) in [7, 11) is 0. The van der Waals surface area contributed by atoms with E-state index in [9.17, 15) is 0 Å². The predicted octanol–water partition coefficient (Wildman–Crippen LogP) is 4.30. The number of nitrogens with zero attached hydrogens (tertiary/aromatic N) is 1. The van der Waals surface area contributed by atoms with Crippen molar-refractivity contribution in [3.05, 3.63) is 0 Å². The molecule has 0 amide bonds. The maximum Gasteiger partial charge on any atom is 0.0108 e. The molecule has 0 radical (unpaired) electrons. The van der Waals surface area contributed by atoms with E-state index in [1.54, 1.807) is 0 Å². The average molecular weight is 295 g/mol. The first-order chi connectivity index (χ1) is 9.95. The molecule has 2 fully saturated rings. The van der Waals surface area contributed by atoms with Crippen LogP contribution in [0.2, 0.25) is 0 Å². The highest BCUT2D eigenvalue weighted by atomic mass is 15.2. The van der Waals surface area contributed by atoms with E-state index >= 15 is 0 Å². The molecule has 0 aliphatic heterocycles. The highest BCUT2D eigenvalue weighted by Crippen LogP contribution is 2.41. The Balaban J connectivity index is 1.97. The van der Waals surface area contributed by atoms with Gasteiger partial charge in [0.1, 0.15) is 0 Å². The maximum atomic E-state index is 3.86. The van der Waals surface area contributed by atoms with Gasteiger partial charge in [0, 0.05) is 18.6 Å². The van der Waals surface area contributed by atoms with Crippen molar-refractivity contribution in [1.29, 1.82) is 0 Å². The van der Waals surface area contributed by atoms with Crippen LogP contribution in [0.5, 0.6) is 0 Å². The van der Waals surface area contributed by atoms with Crippen LogP contribution in [0.25, 0.3) is 0 Å². The lowest BCUT2D eigenvalue weighted by Gasteiger charge is -2.44. The van der Waals surface area contributed by atoms with Crippen molar-refractivity contribution < 1.29 is 0 Å². The molecule has 2 heteroatoms. The molecule has 3 unspecified atom stereocenters. The van der Waals surface area contributed by atoms with Crippen LogP contribution in [-0.4, -0.2) is 36.6 Å². The quantitative estimate of drug-likeness (QED) is 0.753. The minimum Gasteiger partial charge on any atom is -0.314 e. The molecule has 0 aromatic heterocycles. The largest absolute Gasteiger partial charge is 0.314 e. The van der Waals surface area contributed by atoms with Gasteiger partial charge < -0.3 is 10.2 Å². The third-order valence-corrected chi connectivity index (χ3v) is 5.80. The predicted molar refractivity (Wildman–Crippen MR) is 92.6 cm³/mol. The summed E-state index contributed by atoms with van der Waals surface area (Å²) < 4.78 is 0. The summed E-state index contributed by atoms with van der Waals surface area (Å²) in [5, 5.41) is 3.86. The Morgan fingerprint density at radius 1 is 1.05 bits per heavy atom. The zero-order valence-corrected chi connectivity index (χ0v) is 15.1. The second kappa shape index (κ2) is 7.46. The van der Waals surface area contributed by atoms with Crippen LogP contribution in [0, 0.1) is 17.3 Å². The molecule has 21 heavy (non-hydrogen) atoms. The minimum absolute atomic E-state index is 0.477. The van der Waals surface area contributed by atoms with E-state index in [2.05, 4.69) is 44.8 Å². The van der Waals surface area contributed by atoms with E-state index in [0.29, 0.717) is 5.41 Å². The van der Waals surface area contributed by atoms with Crippen molar-refractivity contribution in [1.82, 2.24) is 10.2 Å². The first kappa shape index (κ1) is 17.3. The molecule has 2 saturated carbocycles. The third kappa shape index (κ3) is 4.96. The Morgan fingerprint density at radius 3 is 2.29 bits per heavy atom. The summed E-state index contributed by atoms with van der Waals surface area (Å²) in [6.45, 7) is 15.7. The number of hydrogen-bond donors (Lipinski definition) is 1. The minimum atomic E-state index is 0.477. The molecule has 0 bridgehead atoms. The van der Waals surface area contributed by atoms with Crippen molar-refractivity contribution in [3.63, 3.8) is 0 Å². The highest BCUT2D eigenvalue weighted by Gasteiger charge is 2.38. The fourth-order valence-electron chi connectivity index (χ4n) is 4.13. The zero-order valence-electron chi connectivity index (χ0n) is 15.1. The smallest absolute Gasteiger partial charge is 0.0108 e. The normalized spacial score (nSPS) is 30.9. The third-order valence-electron chi connectivity index (χ3n) is 5.80. The number of hydrogen-bond acceptors (Lipinski definition) is 2. The average Bonchev–Trinajstić information content (AvgIpc) is 3.26. The highest BCUT2D eigenvalue weighted by molar-refractivity contribution is 4.93. The molecule has 0 heterocycles. The van der Waals surface area contributed by atoms with Crippen LogP contribution < -0.4 is 5.32 Å². The lowest BCUT2D eigenvalue weighted by molar-refractivity contribution is 0.0864. The van der Waals surface area contributed by atoms with Crippen LogP contribution in [-0.2, 0) is 0 Å². The van der Waals surface area contributed by atoms with Gasteiger partial charge in [0.15, 0.2) is 0 Å². The van der Waals surface area contributed by atoms with Crippen LogP contribution in [0.15, 0.2) is 0 Å². The van der Waals surface area contributed by atoms with Gasteiger partial charge in [0.2, 0.25) is 0 Å². The molecule has 0 spiro atoms. The summed E-state index contributed by atoms with van der Waals surface area (Å²) >= 11 is 0. The van der Waals surface area contributed by atoms with Gasteiger partial charge in [-0.25, -0.2) is 0 Å². The van der Waals surface area contributed by atoms with Gasteiger partial charge in [0.25, 0.3) is 0 Å². The Labute approximate surface area is 133 Å². The molecule has 0 aromatic carbocycles. The molecule has 124 valence electrons. The van der Waals surface area contributed by atoms with Gasteiger partial charge in [-0.3, -0.25) is 0 Å². The molecule has 2 nitrogen and oxygen atoms in total. The first-order valence-electron chi connectivity index (χ1n) is 9.43. The molecular formula is C19H38N2. The maximum absolute atomic E-state index is 3.86. The summed E-state index contributed by atoms with van der Waals surface area (Å²) in [6, 6.07) is 1.67. The van der Waals surface area contributed by atoms with Crippen molar-refractivity contribution in [3.8, 4) is 0 Å². The van der Waals surface area contributed by atoms with Crippen LogP contribution >= 0.6 is 0 Å². The lowest BCUT2D eigenvalue weighted by Crippen LogP contribution is -2.48. The molecule has 2 aliphatic rings. The van der Waals surface area contributed by atoms with Gasteiger partial charge >= 0.3 is 0 Å². The fourth-order valence-corrected chi connectivity index (χ4v) is 4.13. The Hall–Kier alpha value is -0.0800. The summed E-state index contributed by atoms with van der Waals surface area (Å²) in [5.74, 6) is 1.76. The Morgan fingerprint density at radius 2 is 1.76 bits per heavy atom. The molecule has 2 rings (SSSR count). The van der Waals surface area contributed by atoms with Gasteiger partial charge in [-0.2, -0.15) is 0 Å². The van der Waals surface area contributed by atoms with Crippen molar-refractivity contribution in [2.45, 2.75) is 85.2 Å². The van der Waals surface area contributed by atoms with Crippen LogP contribution in [0.1, 0.15) is 73.1 Å². The van der Waals surface area contributed by atoms with E-state index in [0.717, 1.165) is 23.9 Å². The second-order valence-electron chi connectivity index (χ2n) is 8.52. The standard InChI is InChI=1S/C19H38N2/c1-6-12-20-18-11-8-16(19(3,4)5)13-15(18)14-21(7-2)17-9-10-17/h15-18,20H,6-14H2,1-5H3. The SMILES string of the molecule is CCCNC1CCC(C(C)(C)C)CC1CN(CC)C1CC1. The molecule has 2 aliphatic carbocycles. The molecule has 3 atom stereocenters. The second-order valence-corrected chi connectivity index (χ2v) is 8.52.